The van der Waals surface area contributed by atoms with Gasteiger partial charge in [-0.2, -0.15) is 0 Å². The Bertz CT molecular complexity index is 1530. The van der Waals surface area contributed by atoms with Gasteiger partial charge in [0.15, 0.2) is 5.17 Å². The first-order valence-corrected chi connectivity index (χ1v) is 13.3. The van der Waals surface area contributed by atoms with Gasteiger partial charge in [-0.15, -0.1) is 0 Å². The molecule has 0 atom stereocenters. The Morgan fingerprint density at radius 1 is 1.10 bits per heavy atom. The SMILES string of the molecule is CC(C)(C)OC(=O)NC(C)(C)C(=O)Nc1ccc(Cl)c(N=C2NC(=O)/C(=C/c3ccc4ncccc4c3)S2)c1. The summed E-state index contributed by atoms with van der Waals surface area (Å²) in [7, 11) is 0. The van der Waals surface area contributed by atoms with E-state index in [0.29, 0.717) is 26.5 Å². The van der Waals surface area contributed by atoms with Crippen LogP contribution in [-0.4, -0.2) is 39.2 Å². The zero-order valence-corrected chi connectivity index (χ0v) is 23.7. The number of anilines is 1. The molecule has 0 aliphatic carbocycles. The molecular formula is C28H28ClN5O4S. The molecule has 1 fully saturated rings. The molecule has 2 heterocycles. The number of hydrogen-bond acceptors (Lipinski definition) is 7. The second kappa shape index (κ2) is 11.1. The van der Waals surface area contributed by atoms with Gasteiger partial charge in [0.2, 0.25) is 5.91 Å². The fourth-order valence-electron chi connectivity index (χ4n) is 3.50. The van der Waals surface area contributed by atoms with Gasteiger partial charge in [-0.25, -0.2) is 9.79 Å². The minimum absolute atomic E-state index is 0.277. The molecule has 2 aromatic carbocycles. The third kappa shape index (κ3) is 7.36. The largest absolute Gasteiger partial charge is 0.444 e. The molecule has 1 aliphatic rings. The van der Waals surface area contributed by atoms with Crippen LogP contribution in [0, 0.1) is 0 Å². The van der Waals surface area contributed by atoms with Crippen molar-refractivity contribution in [3.63, 3.8) is 0 Å². The van der Waals surface area contributed by atoms with Crippen LogP contribution in [0.15, 0.2) is 64.6 Å². The summed E-state index contributed by atoms with van der Waals surface area (Å²) in [5.74, 6) is -0.741. The number of fused-ring (bicyclic) bond motifs is 1. The maximum absolute atomic E-state index is 12.9. The van der Waals surface area contributed by atoms with E-state index in [9.17, 15) is 14.4 Å². The second-order valence-electron chi connectivity index (χ2n) is 10.3. The summed E-state index contributed by atoms with van der Waals surface area (Å²) in [5, 5.41) is 9.74. The van der Waals surface area contributed by atoms with Crippen LogP contribution in [0.2, 0.25) is 5.02 Å². The van der Waals surface area contributed by atoms with Gasteiger partial charge in [0.25, 0.3) is 5.91 Å². The first-order valence-electron chi connectivity index (χ1n) is 12.1. The lowest BCUT2D eigenvalue weighted by Crippen LogP contribution is -2.53. The van der Waals surface area contributed by atoms with Crippen molar-refractivity contribution in [3.05, 3.63) is 70.2 Å². The minimum atomic E-state index is -1.26. The number of halogens is 1. The molecule has 1 saturated heterocycles. The van der Waals surface area contributed by atoms with Crippen LogP contribution < -0.4 is 16.0 Å². The Morgan fingerprint density at radius 2 is 1.87 bits per heavy atom. The molecule has 1 aromatic heterocycles. The topological polar surface area (TPSA) is 122 Å². The maximum Gasteiger partial charge on any atom is 0.408 e. The summed E-state index contributed by atoms with van der Waals surface area (Å²) in [5.41, 5.74) is 0.542. The molecule has 0 saturated carbocycles. The second-order valence-corrected chi connectivity index (χ2v) is 11.7. The fraction of sp³-hybridized carbons (Fsp3) is 0.250. The summed E-state index contributed by atoms with van der Waals surface area (Å²) in [6.07, 6.45) is 2.81. The van der Waals surface area contributed by atoms with Crippen LogP contribution in [0.5, 0.6) is 0 Å². The molecule has 1 aliphatic heterocycles. The third-order valence-electron chi connectivity index (χ3n) is 5.38. The Morgan fingerprint density at radius 3 is 2.62 bits per heavy atom. The number of rotatable bonds is 5. The highest BCUT2D eigenvalue weighted by Crippen LogP contribution is 2.33. The summed E-state index contributed by atoms with van der Waals surface area (Å²) >= 11 is 7.54. The zero-order valence-electron chi connectivity index (χ0n) is 22.1. The number of alkyl carbamates (subject to hydrolysis) is 1. The standard InChI is InChI=1S/C28H28ClN5O4S/c1-27(2,3)38-26(37)34-28(4,5)24(36)31-18-9-10-19(29)21(15-18)32-25-33-23(35)22(39-25)14-16-8-11-20-17(13-16)7-6-12-30-20/h6-15H,1-5H3,(H,31,36)(H,34,37)(H,32,33,35)/b22-14-. The number of ether oxygens (including phenoxy) is 1. The molecule has 9 nitrogen and oxygen atoms in total. The zero-order chi connectivity index (χ0) is 28.4. The molecule has 0 unspecified atom stereocenters. The van der Waals surface area contributed by atoms with Crippen LogP contribution >= 0.6 is 23.4 Å². The molecule has 11 heteroatoms. The van der Waals surface area contributed by atoms with Gasteiger partial charge in [0.05, 0.1) is 21.1 Å². The first-order chi connectivity index (χ1) is 18.3. The quantitative estimate of drug-likeness (QED) is 0.325. The molecule has 3 aromatic rings. The van der Waals surface area contributed by atoms with E-state index < -0.39 is 23.1 Å². The van der Waals surface area contributed by atoms with Crippen LogP contribution in [-0.2, 0) is 14.3 Å². The lowest BCUT2D eigenvalue weighted by molar-refractivity contribution is -0.121. The van der Waals surface area contributed by atoms with Gasteiger partial charge in [-0.1, -0.05) is 23.7 Å². The van der Waals surface area contributed by atoms with Crippen molar-refractivity contribution < 1.29 is 19.1 Å². The van der Waals surface area contributed by atoms with E-state index in [1.807, 2.05) is 30.3 Å². The number of aromatic nitrogens is 1. The van der Waals surface area contributed by atoms with Gasteiger partial charge < -0.3 is 20.7 Å². The van der Waals surface area contributed by atoms with Gasteiger partial charge in [-0.3, -0.25) is 14.6 Å². The van der Waals surface area contributed by atoms with E-state index in [0.717, 1.165) is 16.5 Å². The van der Waals surface area contributed by atoms with Gasteiger partial charge >= 0.3 is 6.09 Å². The van der Waals surface area contributed by atoms with Crippen LogP contribution in [0.3, 0.4) is 0 Å². The highest BCUT2D eigenvalue weighted by Gasteiger charge is 2.32. The molecule has 3 amide bonds. The summed E-state index contributed by atoms with van der Waals surface area (Å²) in [6, 6.07) is 14.4. The number of carbonyl (C=O) groups excluding carboxylic acids is 3. The summed E-state index contributed by atoms with van der Waals surface area (Å²) in [4.78, 5) is 46.9. The molecule has 4 rings (SSSR count). The fourth-order valence-corrected chi connectivity index (χ4v) is 4.50. The van der Waals surface area contributed by atoms with E-state index >= 15 is 0 Å². The average Bonchev–Trinajstić information content (AvgIpc) is 3.17. The number of carbonyl (C=O) groups is 3. The van der Waals surface area contributed by atoms with Crippen LogP contribution in [0.25, 0.3) is 17.0 Å². The van der Waals surface area contributed by atoms with Crippen molar-refractivity contribution in [1.82, 2.24) is 15.6 Å². The van der Waals surface area contributed by atoms with Crippen molar-refractivity contribution in [2.75, 3.05) is 5.32 Å². The number of amides is 3. The average molecular weight is 566 g/mol. The number of amidine groups is 1. The van der Waals surface area contributed by atoms with Crippen LogP contribution in [0.4, 0.5) is 16.2 Å². The summed E-state index contributed by atoms with van der Waals surface area (Å²) < 4.78 is 5.25. The van der Waals surface area contributed by atoms with Crippen molar-refractivity contribution >= 4 is 74.8 Å². The Hall–Kier alpha value is -3.89. The van der Waals surface area contributed by atoms with Gasteiger partial charge in [0, 0.05) is 17.3 Å². The number of nitrogens with one attached hydrogen (secondary N) is 3. The monoisotopic (exact) mass is 565 g/mol. The molecule has 0 radical (unpaired) electrons. The molecule has 0 bridgehead atoms. The highest BCUT2D eigenvalue weighted by molar-refractivity contribution is 8.18. The lowest BCUT2D eigenvalue weighted by Gasteiger charge is -2.27. The van der Waals surface area contributed by atoms with Crippen LogP contribution in [0.1, 0.15) is 40.2 Å². The normalized spacial score (nSPS) is 15.9. The van der Waals surface area contributed by atoms with Crippen molar-refractivity contribution in [1.29, 1.82) is 0 Å². The lowest BCUT2D eigenvalue weighted by atomic mass is 10.0. The van der Waals surface area contributed by atoms with E-state index in [2.05, 4.69) is 25.9 Å². The number of nitrogens with zero attached hydrogens (tertiary/aromatic N) is 2. The number of benzene rings is 2. The maximum atomic E-state index is 12.9. The van der Waals surface area contributed by atoms with E-state index in [1.54, 1.807) is 65.1 Å². The number of thioether (sulfide) groups is 1. The number of aliphatic imine (C=N–C) groups is 1. The van der Waals surface area contributed by atoms with Gasteiger partial charge in [0.1, 0.15) is 11.1 Å². The molecule has 0 spiro atoms. The van der Waals surface area contributed by atoms with Crippen molar-refractivity contribution in [2.24, 2.45) is 4.99 Å². The Balaban J connectivity index is 1.48. The predicted molar refractivity (Wildman–Crippen MR) is 156 cm³/mol. The van der Waals surface area contributed by atoms with E-state index in [1.165, 1.54) is 11.8 Å². The van der Waals surface area contributed by atoms with E-state index in [4.69, 9.17) is 16.3 Å². The predicted octanol–water partition coefficient (Wildman–Crippen LogP) is 6.02. The number of pyridine rings is 1. The molecule has 3 N–H and O–H groups in total. The van der Waals surface area contributed by atoms with Crippen molar-refractivity contribution in [2.45, 2.75) is 45.8 Å². The molecule has 39 heavy (non-hydrogen) atoms. The third-order valence-corrected chi connectivity index (χ3v) is 6.61. The Kier molecular flexibility index (Phi) is 7.99. The minimum Gasteiger partial charge on any atom is -0.444 e. The Labute approximate surface area is 235 Å². The van der Waals surface area contributed by atoms with Crippen molar-refractivity contribution in [3.8, 4) is 0 Å². The van der Waals surface area contributed by atoms with Gasteiger partial charge in [-0.05, 0) is 94.4 Å². The molecular weight excluding hydrogens is 538 g/mol. The highest BCUT2D eigenvalue weighted by atomic mass is 35.5. The summed E-state index contributed by atoms with van der Waals surface area (Å²) in [6.45, 7) is 8.34. The smallest absolute Gasteiger partial charge is 0.408 e. The molecule has 202 valence electrons. The van der Waals surface area contributed by atoms with E-state index in [-0.39, 0.29) is 5.91 Å². The first kappa shape index (κ1) is 28.1. The number of hydrogen-bond donors (Lipinski definition) is 3.